The maximum absolute atomic E-state index is 12.0. The molecule has 0 fully saturated rings. The number of carbonyl (C=O) groups is 1. The molecule has 7 heteroatoms. The van der Waals surface area contributed by atoms with Crippen LogP contribution in [0.25, 0.3) is 0 Å². The van der Waals surface area contributed by atoms with E-state index in [1.165, 1.54) is 30.0 Å². The molecule has 0 atom stereocenters. The summed E-state index contributed by atoms with van der Waals surface area (Å²) in [4.78, 5) is 22.1. The minimum Gasteiger partial charge on any atom is -0.383 e. The van der Waals surface area contributed by atoms with Crippen LogP contribution in [0.3, 0.4) is 0 Å². The van der Waals surface area contributed by atoms with Crippen LogP contribution in [0.2, 0.25) is 0 Å². The topological polar surface area (TPSA) is 60.3 Å². The Morgan fingerprint density at radius 3 is 2.82 bits per heavy atom. The maximum atomic E-state index is 12.0. The molecule has 1 N–H and O–H groups in total. The van der Waals surface area contributed by atoms with E-state index in [4.69, 9.17) is 4.74 Å². The molecule has 0 unspecified atom stereocenters. The Morgan fingerprint density at radius 1 is 1.53 bits per heavy atom. The van der Waals surface area contributed by atoms with Gasteiger partial charge in [0.2, 0.25) is 0 Å². The van der Waals surface area contributed by atoms with Crippen LogP contribution in [0.1, 0.15) is 0 Å². The molecule has 1 amide bonds. The van der Waals surface area contributed by atoms with E-state index in [1.54, 1.807) is 0 Å². The lowest BCUT2D eigenvalue weighted by molar-refractivity contribution is -0.126. The summed E-state index contributed by atoms with van der Waals surface area (Å²) < 4.78 is 30.1. The number of hydrogen-bond acceptors (Lipinski definition) is 3. The highest BCUT2D eigenvalue weighted by Gasteiger charge is 2.15. The van der Waals surface area contributed by atoms with Crippen molar-refractivity contribution in [2.45, 2.75) is 13.0 Å². The molecule has 0 radical (unpaired) electrons. The monoisotopic (exact) mass is 246 g/mol. The second kappa shape index (κ2) is 6.09. The number of nitrogens with one attached hydrogen (secondary N) is 1. The van der Waals surface area contributed by atoms with Crippen LogP contribution in [0.4, 0.5) is 14.5 Å². The first-order valence-corrected chi connectivity index (χ1v) is 4.83. The third-order valence-corrected chi connectivity index (χ3v) is 1.99. The van der Waals surface area contributed by atoms with Crippen molar-refractivity contribution in [3.05, 3.63) is 28.7 Å². The number of ether oxygens (including phenoxy) is 1. The van der Waals surface area contributed by atoms with Crippen LogP contribution < -0.4 is 10.9 Å². The number of nitrogens with zero attached hydrogens (tertiary/aromatic N) is 1. The second-order valence-electron chi connectivity index (χ2n) is 3.23. The van der Waals surface area contributed by atoms with Crippen LogP contribution in [0, 0.1) is 0 Å². The van der Waals surface area contributed by atoms with Crippen LogP contribution >= 0.6 is 0 Å². The number of rotatable bonds is 5. The SMILES string of the molecule is COCCn1cc(NC(=O)C(F)F)ccc1=O. The predicted molar refractivity (Wildman–Crippen MR) is 57.2 cm³/mol. The molecule has 1 aromatic heterocycles. The quantitative estimate of drug-likeness (QED) is 0.831. The molecular weight excluding hydrogens is 234 g/mol. The highest BCUT2D eigenvalue weighted by atomic mass is 19.3. The van der Waals surface area contributed by atoms with Crippen molar-refractivity contribution in [2.24, 2.45) is 0 Å². The van der Waals surface area contributed by atoms with Crippen molar-refractivity contribution < 1.29 is 18.3 Å². The molecule has 0 saturated heterocycles. The van der Waals surface area contributed by atoms with Crippen LogP contribution in [0.5, 0.6) is 0 Å². The molecule has 94 valence electrons. The summed E-state index contributed by atoms with van der Waals surface area (Å²) in [6.07, 6.45) is -1.80. The lowest BCUT2D eigenvalue weighted by Gasteiger charge is -2.08. The summed E-state index contributed by atoms with van der Waals surface area (Å²) in [5.74, 6) is -1.40. The Bertz CT molecular complexity index is 445. The third-order valence-electron chi connectivity index (χ3n) is 1.99. The molecule has 0 saturated carbocycles. The molecule has 0 aliphatic rings. The molecule has 1 aromatic rings. The van der Waals surface area contributed by atoms with Crippen LogP contribution in [-0.4, -0.2) is 30.6 Å². The van der Waals surface area contributed by atoms with Gasteiger partial charge < -0.3 is 14.6 Å². The van der Waals surface area contributed by atoms with Gasteiger partial charge in [0.15, 0.2) is 0 Å². The largest absolute Gasteiger partial charge is 0.383 e. The molecule has 0 aliphatic carbocycles. The van der Waals surface area contributed by atoms with Gasteiger partial charge in [0, 0.05) is 25.9 Å². The number of hydrogen-bond donors (Lipinski definition) is 1. The van der Waals surface area contributed by atoms with Gasteiger partial charge in [-0.25, -0.2) is 0 Å². The average molecular weight is 246 g/mol. The van der Waals surface area contributed by atoms with Gasteiger partial charge in [-0.05, 0) is 6.07 Å². The maximum Gasteiger partial charge on any atom is 0.315 e. The van der Waals surface area contributed by atoms with Crippen molar-refractivity contribution in [1.82, 2.24) is 4.57 Å². The molecule has 0 spiro atoms. The fraction of sp³-hybridized carbons (Fsp3) is 0.400. The number of pyridine rings is 1. The Kier molecular flexibility index (Phi) is 4.77. The van der Waals surface area contributed by atoms with E-state index in [0.717, 1.165) is 0 Å². The summed E-state index contributed by atoms with van der Waals surface area (Å²) in [5.41, 5.74) is -0.150. The molecular formula is C10H12F2N2O3. The number of halogens is 2. The average Bonchev–Trinajstić information content (AvgIpc) is 2.29. The van der Waals surface area contributed by atoms with Gasteiger partial charge >= 0.3 is 6.43 Å². The van der Waals surface area contributed by atoms with Crippen molar-refractivity contribution in [1.29, 1.82) is 0 Å². The number of alkyl halides is 2. The zero-order valence-electron chi connectivity index (χ0n) is 9.15. The van der Waals surface area contributed by atoms with Gasteiger partial charge in [-0.15, -0.1) is 0 Å². The molecule has 17 heavy (non-hydrogen) atoms. The van der Waals surface area contributed by atoms with Gasteiger partial charge in [0.25, 0.3) is 11.5 Å². The van der Waals surface area contributed by atoms with E-state index >= 15 is 0 Å². The number of aromatic nitrogens is 1. The Hall–Kier alpha value is -1.76. The zero-order chi connectivity index (χ0) is 12.8. The van der Waals surface area contributed by atoms with Crippen molar-refractivity contribution in [2.75, 3.05) is 19.0 Å². The van der Waals surface area contributed by atoms with E-state index in [1.807, 2.05) is 5.32 Å². The van der Waals surface area contributed by atoms with Crippen molar-refractivity contribution in [3.8, 4) is 0 Å². The molecule has 1 heterocycles. The smallest absolute Gasteiger partial charge is 0.315 e. The van der Waals surface area contributed by atoms with E-state index < -0.39 is 12.3 Å². The van der Waals surface area contributed by atoms with E-state index in [9.17, 15) is 18.4 Å². The summed E-state index contributed by atoms with van der Waals surface area (Å²) in [6, 6.07) is 2.46. The standard InChI is InChI=1S/C10H12F2N2O3/c1-17-5-4-14-6-7(2-3-8(14)15)13-10(16)9(11)12/h2-3,6,9H,4-5H2,1H3,(H,13,16). The first-order valence-electron chi connectivity index (χ1n) is 4.83. The molecule has 0 bridgehead atoms. The lowest BCUT2D eigenvalue weighted by Crippen LogP contribution is -2.24. The third kappa shape index (κ3) is 3.95. The minimum atomic E-state index is -3.09. The molecule has 5 nitrogen and oxygen atoms in total. The minimum absolute atomic E-state index is 0.144. The van der Waals surface area contributed by atoms with Gasteiger partial charge in [-0.1, -0.05) is 0 Å². The second-order valence-corrected chi connectivity index (χ2v) is 3.23. The summed E-state index contributed by atoms with van der Waals surface area (Å²) in [7, 11) is 1.48. The van der Waals surface area contributed by atoms with Gasteiger partial charge in [-0.2, -0.15) is 8.78 Å². The Balaban J connectivity index is 2.81. The fourth-order valence-corrected chi connectivity index (χ4v) is 1.17. The fourth-order valence-electron chi connectivity index (χ4n) is 1.17. The van der Waals surface area contributed by atoms with E-state index in [0.29, 0.717) is 6.61 Å². The van der Waals surface area contributed by atoms with Crippen LogP contribution in [-0.2, 0) is 16.1 Å². The van der Waals surface area contributed by atoms with Crippen molar-refractivity contribution in [3.63, 3.8) is 0 Å². The Labute approximate surface area is 96.0 Å². The van der Waals surface area contributed by atoms with Crippen molar-refractivity contribution >= 4 is 11.6 Å². The summed E-state index contributed by atoms with van der Waals surface area (Å²) >= 11 is 0. The summed E-state index contributed by atoms with van der Waals surface area (Å²) in [6.45, 7) is 0.597. The molecule has 1 rings (SSSR count). The van der Waals surface area contributed by atoms with Gasteiger partial charge in [-0.3, -0.25) is 9.59 Å². The zero-order valence-corrected chi connectivity index (χ0v) is 9.15. The summed E-state index contributed by atoms with van der Waals surface area (Å²) in [5, 5.41) is 2.00. The molecule has 0 aromatic carbocycles. The Morgan fingerprint density at radius 2 is 2.24 bits per heavy atom. The number of carbonyl (C=O) groups excluding carboxylic acids is 1. The van der Waals surface area contributed by atoms with Gasteiger partial charge in [0.1, 0.15) is 0 Å². The van der Waals surface area contributed by atoms with E-state index in [-0.39, 0.29) is 17.8 Å². The molecule has 0 aliphatic heterocycles. The number of anilines is 1. The number of methoxy groups -OCH3 is 1. The highest BCUT2D eigenvalue weighted by molar-refractivity contribution is 5.92. The number of amides is 1. The normalized spacial score (nSPS) is 10.6. The van der Waals surface area contributed by atoms with Gasteiger partial charge in [0.05, 0.1) is 12.3 Å². The first-order chi connectivity index (χ1) is 8.04. The van der Waals surface area contributed by atoms with Crippen LogP contribution in [0.15, 0.2) is 23.1 Å². The highest BCUT2D eigenvalue weighted by Crippen LogP contribution is 2.05. The first kappa shape index (κ1) is 13.3. The lowest BCUT2D eigenvalue weighted by atomic mass is 10.4. The van der Waals surface area contributed by atoms with E-state index in [2.05, 4.69) is 0 Å². The predicted octanol–water partition coefficient (Wildman–Crippen LogP) is 0.698.